The van der Waals surface area contributed by atoms with Gasteiger partial charge in [-0.15, -0.1) is 0 Å². The Kier molecular flexibility index (Phi) is 5.95. The summed E-state index contributed by atoms with van der Waals surface area (Å²) >= 11 is 0. The van der Waals surface area contributed by atoms with Crippen molar-refractivity contribution in [3.63, 3.8) is 0 Å². The van der Waals surface area contributed by atoms with E-state index in [1.54, 1.807) is 12.3 Å². The number of carbonyl (C=O) groups is 2. The Morgan fingerprint density at radius 2 is 1.52 bits per heavy atom. The lowest BCUT2D eigenvalue weighted by Gasteiger charge is -2.29. The second-order valence-electron chi connectivity index (χ2n) is 6.69. The van der Waals surface area contributed by atoms with Gasteiger partial charge in [0.1, 0.15) is 11.3 Å². The van der Waals surface area contributed by atoms with Crippen LogP contribution in [-0.4, -0.2) is 44.0 Å². The summed E-state index contributed by atoms with van der Waals surface area (Å²) in [6.07, 6.45) is 5.71. The van der Waals surface area contributed by atoms with Gasteiger partial charge >= 0.3 is 11.9 Å². The minimum Gasteiger partial charge on any atom is -0.508 e. The molecule has 0 spiro atoms. The molecule has 1 heterocycles. The molecule has 7 nitrogen and oxygen atoms in total. The molecule has 0 saturated carbocycles. The molecule has 0 aromatic heterocycles. The average Bonchev–Trinajstić information content (AvgIpc) is 2.57. The highest BCUT2D eigenvalue weighted by Gasteiger charge is 2.38. The van der Waals surface area contributed by atoms with Gasteiger partial charge in [-0.1, -0.05) is 0 Å². The Hall–Kier alpha value is -3.22. The number of allylic oxidation sites excluding steroid dienone is 3. The molecule has 1 saturated heterocycles. The van der Waals surface area contributed by atoms with Crippen LogP contribution >= 0.6 is 0 Å². The van der Waals surface area contributed by atoms with Gasteiger partial charge in [-0.05, 0) is 36.4 Å². The number of aliphatic hydroxyl groups excluding tert-OH is 1. The van der Waals surface area contributed by atoms with Gasteiger partial charge in [0.2, 0.25) is 0 Å². The molecule has 1 aliphatic heterocycles. The second-order valence-corrected chi connectivity index (χ2v) is 6.69. The van der Waals surface area contributed by atoms with E-state index in [4.69, 9.17) is 9.47 Å². The molecule has 7 heteroatoms. The molecule has 144 valence electrons. The van der Waals surface area contributed by atoms with Crippen LogP contribution in [0.25, 0.3) is 0 Å². The Morgan fingerprint density at radius 1 is 1.00 bits per heavy atom. The number of hydrogen-bond donors (Lipinski definition) is 1. The summed E-state index contributed by atoms with van der Waals surface area (Å²) in [7, 11) is 5.81. The van der Waals surface area contributed by atoms with E-state index in [0.717, 1.165) is 17.5 Å². The molecule has 2 rings (SSSR count). The minimum absolute atomic E-state index is 0.272. The van der Waals surface area contributed by atoms with Gasteiger partial charge in [0.15, 0.2) is 0 Å². The normalized spacial score (nSPS) is 16.8. The highest BCUT2D eigenvalue weighted by molar-refractivity contribution is 6.15. The van der Waals surface area contributed by atoms with Crippen molar-refractivity contribution >= 4 is 23.3 Å². The third-order valence-corrected chi connectivity index (χ3v) is 3.76. The van der Waals surface area contributed by atoms with Crippen LogP contribution in [0.2, 0.25) is 0 Å². The number of ether oxygens (including phenoxy) is 2. The predicted molar refractivity (Wildman–Crippen MR) is 103 cm³/mol. The van der Waals surface area contributed by atoms with E-state index in [2.05, 4.69) is 0 Å². The van der Waals surface area contributed by atoms with Gasteiger partial charge in [-0.25, -0.2) is 9.59 Å². The van der Waals surface area contributed by atoms with Gasteiger partial charge in [-0.3, -0.25) is 0 Å². The van der Waals surface area contributed by atoms with Crippen LogP contribution < -0.4 is 9.80 Å². The Labute approximate surface area is 158 Å². The maximum Gasteiger partial charge on any atom is 0.348 e. The van der Waals surface area contributed by atoms with Gasteiger partial charge in [-0.2, -0.15) is 0 Å². The molecule has 1 aromatic carbocycles. The van der Waals surface area contributed by atoms with E-state index in [1.807, 2.05) is 55.2 Å². The third-order valence-electron chi connectivity index (χ3n) is 3.76. The van der Waals surface area contributed by atoms with E-state index < -0.39 is 17.7 Å². The highest BCUT2D eigenvalue weighted by Crippen LogP contribution is 2.23. The summed E-state index contributed by atoms with van der Waals surface area (Å²) in [6.45, 7) is 2.91. The zero-order chi connectivity index (χ0) is 20.2. The maximum atomic E-state index is 11.8. The van der Waals surface area contributed by atoms with Crippen LogP contribution in [0.1, 0.15) is 13.8 Å². The number of nitrogens with zero attached hydrogens (tertiary/aromatic N) is 2. The number of hydrogen-bond acceptors (Lipinski definition) is 7. The van der Waals surface area contributed by atoms with Crippen molar-refractivity contribution in [3.8, 4) is 0 Å². The summed E-state index contributed by atoms with van der Waals surface area (Å²) < 4.78 is 9.93. The first-order valence-electron chi connectivity index (χ1n) is 8.35. The van der Waals surface area contributed by atoms with Crippen molar-refractivity contribution < 1.29 is 24.2 Å². The van der Waals surface area contributed by atoms with Crippen LogP contribution in [0, 0.1) is 0 Å². The number of anilines is 2. The van der Waals surface area contributed by atoms with Crippen molar-refractivity contribution in [1.82, 2.24) is 0 Å². The van der Waals surface area contributed by atoms with E-state index in [0.29, 0.717) is 0 Å². The fourth-order valence-corrected chi connectivity index (χ4v) is 2.32. The lowest BCUT2D eigenvalue weighted by molar-refractivity contribution is -0.222. The Morgan fingerprint density at radius 3 is 2.04 bits per heavy atom. The van der Waals surface area contributed by atoms with Crippen molar-refractivity contribution in [2.45, 2.75) is 19.6 Å². The minimum atomic E-state index is -1.31. The summed E-state index contributed by atoms with van der Waals surface area (Å²) in [4.78, 5) is 27.6. The van der Waals surface area contributed by atoms with E-state index in [9.17, 15) is 14.7 Å². The number of cyclic esters (lactones) is 2. The molecule has 1 N–H and O–H groups in total. The van der Waals surface area contributed by atoms with Crippen molar-refractivity contribution in [1.29, 1.82) is 0 Å². The van der Waals surface area contributed by atoms with E-state index in [-0.39, 0.29) is 11.3 Å². The Balaban J connectivity index is 2.05. The van der Waals surface area contributed by atoms with E-state index in [1.165, 1.54) is 19.9 Å². The van der Waals surface area contributed by atoms with Crippen LogP contribution in [0.4, 0.5) is 11.4 Å². The first kappa shape index (κ1) is 20.1. The average molecular weight is 372 g/mol. The van der Waals surface area contributed by atoms with Crippen molar-refractivity contribution in [2.75, 3.05) is 30.9 Å². The predicted octanol–water partition coefficient (Wildman–Crippen LogP) is 2.91. The first-order valence-corrected chi connectivity index (χ1v) is 8.35. The lowest BCUT2D eigenvalue weighted by Crippen LogP contribution is -2.41. The molecule has 0 bridgehead atoms. The topological polar surface area (TPSA) is 79.3 Å². The quantitative estimate of drug-likeness (QED) is 0.280. The molecule has 0 aliphatic carbocycles. The van der Waals surface area contributed by atoms with E-state index >= 15 is 0 Å². The summed E-state index contributed by atoms with van der Waals surface area (Å²) in [5, 5.41) is 9.94. The van der Waals surface area contributed by atoms with Crippen LogP contribution in [0.15, 0.2) is 60.0 Å². The fourth-order valence-electron chi connectivity index (χ4n) is 2.32. The fraction of sp³-hybridized carbons (Fsp3) is 0.300. The van der Waals surface area contributed by atoms with Crippen molar-refractivity contribution in [3.05, 3.63) is 60.0 Å². The molecular weight excluding hydrogens is 348 g/mol. The molecule has 1 fully saturated rings. The largest absolute Gasteiger partial charge is 0.508 e. The summed E-state index contributed by atoms with van der Waals surface area (Å²) in [6, 6.07) is 7.94. The monoisotopic (exact) mass is 372 g/mol. The number of esters is 2. The molecule has 0 radical (unpaired) electrons. The first-order chi connectivity index (χ1) is 12.6. The molecule has 1 aromatic rings. The number of benzene rings is 1. The van der Waals surface area contributed by atoms with Crippen LogP contribution in [-0.2, 0) is 19.1 Å². The number of rotatable bonds is 5. The molecule has 0 unspecified atom stereocenters. The lowest BCUT2D eigenvalue weighted by atomic mass is 10.2. The zero-order valence-corrected chi connectivity index (χ0v) is 16.1. The third kappa shape index (κ3) is 5.37. The van der Waals surface area contributed by atoms with Gasteiger partial charge < -0.3 is 24.4 Å². The second kappa shape index (κ2) is 7.99. The summed E-state index contributed by atoms with van der Waals surface area (Å²) in [5.74, 6) is -3.25. The summed E-state index contributed by atoms with van der Waals surface area (Å²) in [5.41, 5.74) is 1.70. The SMILES string of the molecule is CN(C)c1ccc(N(C)/C=C/C=C(\O)C=C2C(=O)OC(C)(C)OC2=O)cc1. The highest BCUT2D eigenvalue weighted by atomic mass is 16.7. The molecule has 0 amide bonds. The van der Waals surface area contributed by atoms with Crippen LogP contribution in [0.3, 0.4) is 0 Å². The van der Waals surface area contributed by atoms with Crippen molar-refractivity contribution in [2.24, 2.45) is 0 Å². The van der Waals surface area contributed by atoms with Gasteiger partial charge in [0, 0.05) is 58.6 Å². The maximum absolute atomic E-state index is 11.8. The number of aliphatic hydroxyl groups is 1. The molecule has 27 heavy (non-hydrogen) atoms. The Bertz CT molecular complexity index is 782. The smallest absolute Gasteiger partial charge is 0.348 e. The van der Waals surface area contributed by atoms with Gasteiger partial charge in [0.25, 0.3) is 5.79 Å². The van der Waals surface area contributed by atoms with Crippen LogP contribution in [0.5, 0.6) is 0 Å². The standard InChI is InChI=1S/C20H24N2O5/c1-20(2)26-18(24)17(19(25)27-20)13-16(23)7-6-12-22(5)15-10-8-14(9-11-15)21(3)4/h6-13,23H,1-5H3/b12-6+,16-7-. The zero-order valence-electron chi connectivity index (χ0n) is 16.1. The number of carbonyl (C=O) groups excluding carboxylic acids is 2. The molecule has 1 aliphatic rings. The van der Waals surface area contributed by atoms with Gasteiger partial charge in [0.05, 0.1) is 0 Å². The molecule has 0 atom stereocenters. The molecular formula is C20H24N2O5.